The van der Waals surface area contributed by atoms with Crippen LogP contribution < -0.4 is 5.32 Å². The van der Waals surface area contributed by atoms with Crippen LogP contribution in [0.25, 0.3) is 26.6 Å². The zero-order chi connectivity index (χ0) is 21.4. The van der Waals surface area contributed by atoms with Crippen LogP contribution in [0.15, 0.2) is 67.0 Å². The van der Waals surface area contributed by atoms with Crippen molar-refractivity contribution in [3.8, 4) is 16.4 Å². The molecule has 0 fully saturated rings. The number of amides is 1. The lowest BCUT2D eigenvalue weighted by Gasteiger charge is -2.06. The van der Waals surface area contributed by atoms with E-state index >= 15 is 0 Å². The number of anilines is 1. The summed E-state index contributed by atoms with van der Waals surface area (Å²) in [4.78, 5) is 21.4. The first-order valence-electron chi connectivity index (χ1n) is 9.70. The Labute approximate surface area is 182 Å². The molecule has 2 aromatic carbocycles. The van der Waals surface area contributed by atoms with E-state index in [4.69, 9.17) is 4.98 Å². The van der Waals surface area contributed by atoms with E-state index in [1.807, 2.05) is 37.3 Å². The molecule has 0 radical (unpaired) electrons. The second-order valence-corrected chi connectivity index (χ2v) is 8.17. The Morgan fingerprint density at radius 2 is 1.84 bits per heavy atom. The number of aromatic nitrogens is 5. The molecule has 8 heteroatoms. The maximum Gasteiger partial charge on any atom is 0.276 e. The number of fused-ring (bicyclic) bond motifs is 1. The lowest BCUT2D eigenvalue weighted by molar-refractivity contribution is 0.102. The van der Waals surface area contributed by atoms with Gasteiger partial charge in [-0.1, -0.05) is 6.07 Å². The first-order valence-corrected chi connectivity index (χ1v) is 10.5. The summed E-state index contributed by atoms with van der Waals surface area (Å²) in [5.41, 5.74) is 4.15. The first-order chi connectivity index (χ1) is 15.1. The number of rotatable bonds is 4. The number of nitrogens with one attached hydrogen (secondary N) is 1. The highest BCUT2D eigenvalue weighted by Crippen LogP contribution is 2.31. The fourth-order valence-electron chi connectivity index (χ4n) is 3.24. The fourth-order valence-corrected chi connectivity index (χ4v) is 4.31. The Bertz CT molecular complexity index is 1390. The smallest absolute Gasteiger partial charge is 0.276 e. The van der Waals surface area contributed by atoms with Crippen LogP contribution in [-0.2, 0) is 0 Å². The summed E-state index contributed by atoms with van der Waals surface area (Å²) in [6, 6.07) is 17.3. The number of carbonyl (C=O) groups is 1. The molecule has 0 aliphatic carbocycles. The van der Waals surface area contributed by atoms with Gasteiger partial charge < -0.3 is 5.32 Å². The molecule has 31 heavy (non-hydrogen) atoms. The van der Waals surface area contributed by atoms with Crippen molar-refractivity contribution in [3.05, 3.63) is 84.1 Å². The highest BCUT2D eigenvalue weighted by Gasteiger charge is 2.11. The van der Waals surface area contributed by atoms with Crippen molar-refractivity contribution in [1.82, 2.24) is 24.7 Å². The van der Waals surface area contributed by atoms with Gasteiger partial charge in [0, 0.05) is 23.6 Å². The van der Waals surface area contributed by atoms with Crippen molar-refractivity contribution in [2.75, 3.05) is 5.32 Å². The van der Waals surface area contributed by atoms with Gasteiger partial charge in [0.2, 0.25) is 0 Å². The second kappa shape index (κ2) is 7.73. The molecule has 0 saturated heterocycles. The topological polar surface area (TPSA) is 85.6 Å². The van der Waals surface area contributed by atoms with Crippen molar-refractivity contribution in [3.63, 3.8) is 0 Å². The lowest BCUT2D eigenvalue weighted by Crippen LogP contribution is -2.15. The van der Waals surface area contributed by atoms with E-state index in [2.05, 4.69) is 39.6 Å². The first kappa shape index (κ1) is 19.1. The van der Waals surface area contributed by atoms with E-state index in [1.54, 1.807) is 40.4 Å². The summed E-state index contributed by atoms with van der Waals surface area (Å²) in [7, 11) is 0. The highest BCUT2D eigenvalue weighted by molar-refractivity contribution is 7.21. The van der Waals surface area contributed by atoms with Gasteiger partial charge >= 0.3 is 0 Å². The predicted molar refractivity (Wildman–Crippen MR) is 122 cm³/mol. The van der Waals surface area contributed by atoms with Gasteiger partial charge in [0.15, 0.2) is 11.5 Å². The molecule has 0 spiro atoms. The number of benzene rings is 2. The summed E-state index contributed by atoms with van der Waals surface area (Å²) in [5.74, 6) is 1.10. The van der Waals surface area contributed by atoms with Crippen LogP contribution >= 0.6 is 11.3 Å². The molecule has 5 aromatic rings. The number of thiazole rings is 1. The zero-order valence-corrected chi connectivity index (χ0v) is 17.7. The van der Waals surface area contributed by atoms with E-state index in [-0.39, 0.29) is 11.6 Å². The van der Waals surface area contributed by atoms with Crippen LogP contribution in [0, 0.1) is 13.8 Å². The standard InChI is InChI=1S/C23H18N6OS/c1-14-3-8-18-20(13-14)31-23(26-18)16-4-6-17(7-5-16)25-22(30)19-9-10-21(28-27-19)29-12-11-24-15(29)2/h3-13H,1-2H3,(H,25,30). The van der Waals surface area contributed by atoms with Crippen molar-refractivity contribution in [1.29, 1.82) is 0 Å². The Morgan fingerprint density at radius 1 is 1.00 bits per heavy atom. The van der Waals surface area contributed by atoms with Gasteiger partial charge in [-0.15, -0.1) is 21.5 Å². The molecule has 0 aliphatic heterocycles. The van der Waals surface area contributed by atoms with Crippen molar-refractivity contribution < 1.29 is 4.79 Å². The SMILES string of the molecule is Cc1ccc2nc(-c3ccc(NC(=O)c4ccc(-n5ccnc5C)nn4)cc3)sc2c1. The van der Waals surface area contributed by atoms with E-state index in [1.165, 1.54) is 10.3 Å². The van der Waals surface area contributed by atoms with Crippen LogP contribution in [0.2, 0.25) is 0 Å². The third-order valence-corrected chi connectivity index (χ3v) is 5.96. The van der Waals surface area contributed by atoms with E-state index in [0.29, 0.717) is 11.5 Å². The monoisotopic (exact) mass is 426 g/mol. The normalized spacial score (nSPS) is 11.0. The molecule has 0 bridgehead atoms. The molecule has 1 amide bonds. The Hall–Kier alpha value is -3.91. The molecule has 152 valence electrons. The largest absolute Gasteiger partial charge is 0.321 e. The van der Waals surface area contributed by atoms with Crippen LogP contribution in [-0.4, -0.2) is 30.6 Å². The Kier molecular flexibility index (Phi) is 4.76. The van der Waals surface area contributed by atoms with Gasteiger partial charge in [-0.25, -0.2) is 9.97 Å². The average Bonchev–Trinajstić information content (AvgIpc) is 3.40. The van der Waals surface area contributed by atoms with Gasteiger partial charge in [0.05, 0.1) is 10.2 Å². The minimum absolute atomic E-state index is 0.243. The summed E-state index contributed by atoms with van der Waals surface area (Å²) in [5, 5.41) is 12.0. The number of hydrogen-bond donors (Lipinski definition) is 1. The van der Waals surface area contributed by atoms with Crippen molar-refractivity contribution >= 4 is 33.1 Å². The number of nitrogens with zero attached hydrogens (tertiary/aromatic N) is 5. The molecular formula is C23H18N6OS. The summed E-state index contributed by atoms with van der Waals surface area (Å²) < 4.78 is 2.97. The molecule has 3 aromatic heterocycles. The molecule has 1 N–H and O–H groups in total. The van der Waals surface area contributed by atoms with Gasteiger partial charge in [-0.2, -0.15) is 0 Å². The molecule has 0 saturated carbocycles. The Balaban J connectivity index is 1.31. The van der Waals surface area contributed by atoms with E-state index < -0.39 is 0 Å². The van der Waals surface area contributed by atoms with E-state index in [9.17, 15) is 4.79 Å². The van der Waals surface area contributed by atoms with Crippen LogP contribution in [0.3, 0.4) is 0 Å². The quantitative estimate of drug-likeness (QED) is 0.446. The van der Waals surface area contributed by atoms with Crippen molar-refractivity contribution in [2.45, 2.75) is 13.8 Å². The van der Waals surface area contributed by atoms with Crippen LogP contribution in [0.5, 0.6) is 0 Å². The average molecular weight is 427 g/mol. The molecule has 0 atom stereocenters. The third kappa shape index (κ3) is 3.80. The molecule has 3 heterocycles. The van der Waals surface area contributed by atoms with Gasteiger partial charge in [-0.05, 0) is 67.9 Å². The molecule has 0 unspecified atom stereocenters. The van der Waals surface area contributed by atoms with E-state index in [0.717, 1.165) is 21.9 Å². The van der Waals surface area contributed by atoms with Gasteiger partial charge in [0.1, 0.15) is 10.8 Å². The Morgan fingerprint density at radius 3 is 2.55 bits per heavy atom. The van der Waals surface area contributed by atoms with Crippen LogP contribution in [0.4, 0.5) is 5.69 Å². The van der Waals surface area contributed by atoms with Gasteiger partial charge in [0.25, 0.3) is 5.91 Å². The summed E-state index contributed by atoms with van der Waals surface area (Å²) in [6.45, 7) is 3.95. The fraction of sp³-hybridized carbons (Fsp3) is 0.0870. The van der Waals surface area contributed by atoms with Gasteiger partial charge in [-0.3, -0.25) is 9.36 Å². The number of carbonyl (C=O) groups excluding carboxylic acids is 1. The highest BCUT2D eigenvalue weighted by atomic mass is 32.1. The maximum atomic E-state index is 12.5. The van der Waals surface area contributed by atoms with Crippen LogP contribution in [0.1, 0.15) is 21.9 Å². The lowest BCUT2D eigenvalue weighted by atomic mass is 10.2. The summed E-state index contributed by atoms with van der Waals surface area (Å²) in [6.07, 6.45) is 3.49. The summed E-state index contributed by atoms with van der Waals surface area (Å²) >= 11 is 1.66. The predicted octanol–water partition coefficient (Wildman–Crippen LogP) is 4.81. The molecule has 5 rings (SSSR count). The number of aryl methyl sites for hydroxylation is 2. The molecule has 7 nitrogen and oxygen atoms in total. The number of hydrogen-bond acceptors (Lipinski definition) is 6. The minimum Gasteiger partial charge on any atom is -0.321 e. The molecule has 0 aliphatic rings. The molecular weight excluding hydrogens is 408 g/mol. The second-order valence-electron chi connectivity index (χ2n) is 7.14. The maximum absolute atomic E-state index is 12.5. The minimum atomic E-state index is -0.315. The van der Waals surface area contributed by atoms with Crippen molar-refractivity contribution in [2.24, 2.45) is 0 Å². The zero-order valence-electron chi connectivity index (χ0n) is 16.9. The third-order valence-electron chi connectivity index (χ3n) is 4.89. The number of imidazole rings is 1.